The second-order valence-electron chi connectivity index (χ2n) is 11.3. The van der Waals surface area contributed by atoms with Crippen LogP contribution in [-0.4, -0.2) is 15.4 Å². The third-order valence-corrected chi connectivity index (χ3v) is 10.0. The topological polar surface area (TPSA) is 63.4 Å². The molecule has 45 heavy (non-hydrogen) atoms. The molecule has 5 nitrogen and oxygen atoms in total. The third kappa shape index (κ3) is 3.51. The number of nitrogens with zero attached hydrogens (tertiary/aromatic N) is 5. The summed E-state index contributed by atoms with van der Waals surface area (Å²) in [5.41, 5.74) is 10.1. The fourth-order valence-electron chi connectivity index (χ4n) is 7.05. The van der Waals surface area contributed by atoms with Crippen molar-refractivity contribution in [3.63, 3.8) is 0 Å². The minimum Gasteiger partial charge on any atom is -0.248 e. The molecule has 0 spiro atoms. The molecule has 2 aliphatic heterocycles. The summed E-state index contributed by atoms with van der Waals surface area (Å²) < 4.78 is 2.51. The van der Waals surface area contributed by atoms with Crippen molar-refractivity contribution < 1.29 is 0 Å². The highest BCUT2D eigenvalue weighted by Gasteiger charge is 2.30. The van der Waals surface area contributed by atoms with Crippen LogP contribution in [0, 0.1) is 10.4 Å². The van der Waals surface area contributed by atoms with E-state index in [0.717, 1.165) is 77.2 Å². The van der Waals surface area contributed by atoms with Gasteiger partial charge in [-0.1, -0.05) is 78.9 Å². The smallest absolute Gasteiger partial charge is 0.0976 e. The van der Waals surface area contributed by atoms with Crippen molar-refractivity contribution in [2.45, 2.75) is 0 Å². The predicted octanol–water partition coefficient (Wildman–Crippen LogP) is 8.72. The molecule has 2 aliphatic rings. The van der Waals surface area contributed by atoms with Gasteiger partial charge in [0.15, 0.2) is 0 Å². The summed E-state index contributed by atoms with van der Waals surface area (Å²) >= 11 is 1.83. The van der Waals surface area contributed by atoms with E-state index < -0.39 is 0 Å². The van der Waals surface area contributed by atoms with Crippen molar-refractivity contribution in [1.29, 1.82) is 0 Å². The first-order valence-corrected chi connectivity index (χ1v) is 15.7. The number of hydrogen-bond acceptors (Lipinski definition) is 6. The second kappa shape index (κ2) is 9.32. The van der Waals surface area contributed by atoms with Crippen molar-refractivity contribution in [2.24, 2.45) is 9.98 Å². The number of rotatable bonds is 3. The minimum atomic E-state index is 0.752. The Labute approximate surface area is 260 Å². The minimum absolute atomic E-state index is 0.752. The van der Waals surface area contributed by atoms with Crippen molar-refractivity contribution in [3.8, 4) is 44.6 Å². The Morgan fingerprint density at radius 3 is 2.29 bits per heavy atom. The quantitative estimate of drug-likeness (QED) is 0.206. The van der Waals surface area contributed by atoms with E-state index in [9.17, 15) is 0 Å². The van der Waals surface area contributed by atoms with Gasteiger partial charge in [0.2, 0.25) is 0 Å². The normalized spacial score (nSPS) is 12.4. The standard InChI is InChI=1S/C39H21N5S/c1-2-9-22(10-3-1)27-21-31-37(38-29(41-31)18-17-24-23-11-4-6-14-28(23)42-39(24)38)36(30-19-20-40-44-43-30)35(27)26-13-8-16-33-34(26)25-12-5-7-15-32(25)45-33/h1-21H. The predicted molar refractivity (Wildman–Crippen MR) is 180 cm³/mol. The van der Waals surface area contributed by atoms with Crippen molar-refractivity contribution in [1.82, 2.24) is 15.4 Å². The van der Waals surface area contributed by atoms with Crippen LogP contribution in [0.4, 0.5) is 11.4 Å². The van der Waals surface area contributed by atoms with Gasteiger partial charge in [-0.05, 0) is 64.4 Å². The van der Waals surface area contributed by atoms with E-state index in [0.29, 0.717) is 0 Å². The van der Waals surface area contributed by atoms with Crippen LogP contribution in [0.5, 0.6) is 0 Å². The zero-order valence-corrected chi connectivity index (χ0v) is 24.6. The van der Waals surface area contributed by atoms with Crippen LogP contribution in [0.15, 0.2) is 138 Å². The molecule has 0 saturated carbocycles. The molecule has 4 heterocycles. The Hall–Kier alpha value is -5.85. The fraction of sp³-hybridized carbons (Fsp3) is 0. The molecule has 10 rings (SSSR count). The third-order valence-electron chi connectivity index (χ3n) is 8.90. The van der Waals surface area contributed by atoms with E-state index in [-0.39, 0.29) is 0 Å². The average Bonchev–Trinajstić information content (AvgIpc) is 3.79. The molecule has 0 amide bonds. The molecule has 6 heteroatoms. The zero-order valence-electron chi connectivity index (χ0n) is 23.8. The molecule has 6 aromatic carbocycles. The van der Waals surface area contributed by atoms with E-state index >= 15 is 0 Å². The van der Waals surface area contributed by atoms with Gasteiger partial charge in [-0.3, -0.25) is 0 Å². The van der Waals surface area contributed by atoms with Crippen LogP contribution in [0.2, 0.25) is 0 Å². The second-order valence-corrected chi connectivity index (χ2v) is 12.4. The maximum absolute atomic E-state index is 5.24. The van der Waals surface area contributed by atoms with Gasteiger partial charge in [0, 0.05) is 52.9 Å². The van der Waals surface area contributed by atoms with Gasteiger partial charge in [-0.25, -0.2) is 9.98 Å². The molecule has 2 aromatic heterocycles. The lowest BCUT2D eigenvalue weighted by molar-refractivity contribution is 0.871. The van der Waals surface area contributed by atoms with Crippen LogP contribution in [0.25, 0.3) is 64.8 Å². The highest BCUT2D eigenvalue weighted by molar-refractivity contribution is 7.25. The summed E-state index contributed by atoms with van der Waals surface area (Å²) in [5.74, 6) is 0. The van der Waals surface area contributed by atoms with E-state index in [1.54, 1.807) is 6.20 Å². The first-order chi connectivity index (χ1) is 22.3. The molecule has 0 atom stereocenters. The van der Waals surface area contributed by atoms with Gasteiger partial charge < -0.3 is 0 Å². The highest BCUT2D eigenvalue weighted by Crippen LogP contribution is 2.54. The first kappa shape index (κ1) is 24.6. The van der Waals surface area contributed by atoms with Gasteiger partial charge in [0.25, 0.3) is 0 Å². The van der Waals surface area contributed by atoms with E-state index in [2.05, 4.69) is 125 Å². The summed E-state index contributed by atoms with van der Waals surface area (Å²) in [7, 11) is 0. The number of aromatic nitrogens is 3. The van der Waals surface area contributed by atoms with Gasteiger partial charge in [-0.2, -0.15) is 0 Å². The van der Waals surface area contributed by atoms with Crippen LogP contribution in [0.1, 0.15) is 0 Å². The Morgan fingerprint density at radius 1 is 0.533 bits per heavy atom. The molecule has 0 N–H and O–H groups in total. The molecule has 0 bridgehead atoms. The molecular formula is C39H21N5S. The van der Waals surface area contributed by atoms with Crippen LogP contribution in [-0.2, 0) is 0 Å². The summed E-state index contributed by atoms with van der Waals surface area (Å²) in [6.07, 6.45) is 1.72. The average molecular weight is 592 g/mol. The van der Waals surface area contributed by atoms with Crippen molar-refractivity contribution in [2.75, 3.05) is 0 Å². The molecule has 8 aromatic rings. The van der Waals surface area contributed by atoms with E-state index in [1.807, 2.05) is 23.5 Å². The van der Waals surface area contributed by atoms with Crippen LogP contribution >= 0.6 is 11.3 Å². The SMILES string of the molecule is c1ccc(-c2cc3c(c(-c4ccnnn4)c2-c2cccc4sc5ccccc5c24)-c2c4c(ccc2=N3)=c2ccccc2=N4)cc1. The molecule has 0 aliphatic carbocycles. The fourth-order valence-corrected chi connectivity index (χ4v) is 8.18. The molecule has 0 fully saturated rings. The largest absolute Gasteiger partial charge is 0.248 e. The summed E-state index contributed by atoms with van der Waals surface area (Å²) in [4.78, 5) is 10.4. The number of fused-ring (bicyclic) bond motifs is 9. The maximum Gasteiger partial charge on any atom is 0.0976 e. The zero-order chi connectivity index (χ0) is 29.5. The highest BCUT2D eigenvalue weighted by atomic mass is 32.1. The van der Waals surface area contributed by atoms with Gasteiger partial charge in [-0.15, -0.1) is 21.5 Å². The summed E-state index contributed by atoms with van der Waals surface area (Å²) in [5, 5.41) is 19.5. The molecule has 0 saturated heterocycles. The Morgan fingerprint density at radius 2 is 1.38 bits per heavy atom. The number of hydrogen-bond donors (Lipinski definition) is 0. The molecular weight excluding hydrogens is 571 g/mol. The van der Waals surface area contributed by atoms with E-state index in [4.69, 9.17) is 9.98 Å². The lowest BCUT2D eigenvalue weighted by atomic mass is 9.82. The Kier molecular flexibility index (Phi) is 5.09. The van der Waals surface area contributed by atoms with Gasteiger partial charge >= 0.3 is 0 Å². The molecule has 0 radical (unpaired) electrons. The number of para-hydroxylation sites is 1. The lowest BCUT2D eigenvalue weighted by Gasteiger charge is -2.21. The van der Waals surface area contributed by atoms with Crippen molar-refractivity contribution in [3.05, 3.63) is 149 Å². The Bertz CT molecular complexity index is 2750. The molecule has 208 valence electrons. The molecule has 0 unspecified atom stereocenters. The Balaban J connectivity index is 1.43. The van der Waals surface area contributed by atoms with Crippen LogP contribution in [0.3, 0.4) is 0 Å². The van der Waals surface area contributed by atoms with Gasteiger partial charge in [0.1, 0.15) is 0 Å². The van der Waals surface area contributed by atoms with Crippen LogP contribution < -0.4 is 10.7 Å². The first-order valence-electron chi connectivity index (χ1n) is 14.9. The maximum atomic E-state index is 5.24. The van der Waals surface area contributed by atoms with E-state index in [1.165, 1.54) is 20.2 Å². The summed E-state index contributed by atoms with van der Waals surface area (Å²) in [6, 6.07) is 42.7. The monoisotopic (exact) mass is 591 g/mol. The van der Waals surface area contributed by atoms with Crippen molar-refractivity contribution >= 4 is 42.9 Å². The lowest BCUT2D eigenvalue weighted by Crippen LogP contribution is -2.02. The number of benzene rings is 6. The van der Waals surface area contributed by atoms with Gasteiger partial charge in [0.05, 0.1) is 34.0 Å². The number of thiophene rings is 1. The summed E-state index contributed by atoms with van der Waals surface area (Å²) in [6.45, 7) is 0.